The van der Waals surface area contributed by atoms with E-state index >= 15 is 0 Å². The van der Waals surface area contributed by atoms with Gasteiger partial charge in [0.1, 0.15) is 0 Å². The molecule has 2 rings (SSSR count). The van der Waals surface area contributed by atoms with Crippen molar-refractivity contribution in [3.05, 3.63) is 46.2 Å². The minimum absolute atomic E-state index is 0.795. The van der Waals surface area contributed by atoms with Crippen LogP contribution >= 0.6 is 11.6 Å². The Morgan fingerprint density at radius 1 is 1.19 bits per heavy atom. The molecule has 0 saturated carbocycles. The van der Waals surface area contributed by atoms with Crippen LogP contribution in [0, 0.1) is 0 Å². The van der Waals surface area contributed by atoms with Gasteiger partial charge in [0.25, 0.3) is 0 Å². The van der Waals surface area contributed by atoms with Gasteiger partial charge < -0.3 is 5.73 Å². The average Bonchev–Trinajstić information content (AvgIpc) is 2.75. The maximum Gasteiger partial charge on any atom is 0.0863 e. The third kappa shape index (κ3) is 3.77. The summed E-state index contributed by atoms with van der Waals surface area (Å²) in [6, 6.07) is 8.02. The van der Waals surface area contributed by atoms with Crippen LogP contribution in [0.5, 0.6) is 0 Å². The molecule has 0 fully saturated rings. The zero-order valence-electron chi connectivity index (χ0n) is 12.9. The predicted octanol–water partition coefficient (Wildman–Crippen LogP) is 3.24. The normalized spacial score (nSPS) is 11.3. The van der Waals surface area contributed by atoms with Crippen molar-refractivity contribution < 1.29 is 0 Å². The second-order valence-electron chi connectivity index (χ2n) is 5.23. The largest absolute Gasteiger partial charge is 0.399 e. The van der Waals surface area contributed by atoms with Gasteiger partial charge in [-0.05, 0) is 30.7 Å². The summed E-state index contributed by atoms with van der Waals surface area (Å²) < 4.78 is 1.90. The maximum atomic E-state index is 6.43. The van der Waals surface area contributed by atoms with Gasteiger partial charge in [-0.15, -0.1) is 0 Å². The first-order chi connectivity index (χ1) is 10.0. The van der Waals surface area contributed by atoms with Crippen LogP contribution < -0.4 is 5.73 Å². The molecule has 5 heteroatoms. The highest BCUT2D eigenvalue weighted by Gasteiger charge is 2.15. The third-order valence-corrected chi connectivity index (χ3v) is 4.15. The van der Waals surface area contributed by atoms with E-state index < -0.39 is 0 Å². The zero-order valence-corrected chi connectivity index (χ0v) is 13.7. The number of halogens is 1. The van der Waals surface area contributed by atoms with Crippen LogP contribution in [0.25, 0.3) is 0 Å². The monoisotopic (exact) mass is 306 g/mol. The second kappa shape index (κ2) is 6.96. The number of hydrogen-bond acceptors (Lipinski definition) is 3. The molecule has 0 spiro atoms. The van der Waals surface area contributed by atoms with E-state index in [9.17, 15) is 0 Å². The number of anilines is 1. The Morgan fingerprint density at radius 2 is 1.86 bits per heavy atom. The van der Waals surface area contributed by atoms with Crippen LogP contribution in [-0.2, 0) is 26.6 Å². The second-order valence-corrected chi connectivity index (χ2v) is 5.61. The maximum absolute atomic E-state index is 6.43. The molecule has 0 aliphatic heterocycles. The van der Waals surface area contributed by atoms with Crippen molar-refractivity contribution in [2.24, 2.45) is 7.05 Å². The summed E-state index contributed by atoms with van der Waals surface area (Å²) in [6.45, 7) is 6.85. The SMILES string of the molecule is CCc1nn(C)c(CN(CC)Cc2ccc(N)cc2)c1Cl. The van der Waals surface area contributed by atoms with Gasteiger partial charge in [-0.25, -0.2) is 0 Å². The van der Waals surface area contributed by atoms with Crippen molar-refractivity contribution in [1.29, 1.82) is 0 Å². The van der Waals surface area contributed by atoms with Gasteiger partial charge in [-0.1, -0.05) is 37.6 Å². The van der Waals surface area contributed by atoms with Gasteiger partial charge in [0, 0.05) is 25.8 Å². The number of aryl methyl sites for hydroxylation is 2. The van der Waals surface area contributed by atoms with Crippen LogP contribution in [0.15, 0.2) is 24.3 Å². The van der Waals surface area contributed by atoms with Crippen LogP contribution in [0.3, 0.4) is 0 Å². The standard InChI is InChI=1S/C16H23ClN4/c1-4-14-16(17)15(20(3)19-14)11-21(5-2)10-12-6-8-13(18)9-7-12/h6-9H,4-5,10-11,18H2,1-3H3. The van der Waals surface area contributed by atoms with Gasteiger partial charge in [0.2, 0.25) is 0 Å². The summed E-state index contributed by atoms with van der Waals surface area (Å²) in [7, 11) is 1.96. The van der Waals surface area contributed by atoms with E-state index in [1.54, 1.807) is 0 Å². The molecule has 1 aromatic heterocycles. The van der Waals surface area contributed by atoms with Crippen LogP contribution in [0.4, 0.5) is 5.69 Å². The molecule has 0 aliphatic rings. The molecule has 0 bridgehead atoms. The van der Waals surface area contributed by atoms with Gasteiger partial charge in [-0.2, -0.15) is 5.10 Å². The number of benzene rings is 1. The lowest BCUT2D eigenvalue weighted by Gasteiger charge is -2.21. The number of nitrogens with two attached hydrogens (primary N) is 1. The van der Waals surface area contributed by atoms with Crippen LogP contribution in [-0.4, -0.2) is 21.2 Å². The molecule has 0 atom stereocenters. The van der Waals surface area contributed by atoms with Crippen LogP contribution in [0.2, 0.25) is 5.02 Å². The molecule has 2 aromatic rings. The van der Waals surface area contributed by atoms with Gasteiger partial charge >= 0.3 is 0 Å². The van der Waals surface area contributed by atoms with Crippen molar-refractivity contribution >= 4 is 17.3 Å². The summed E-state index contributed by atoms with van der Waals surface area (Å²) in [6.07, 6.45) is 0.858. The number of rotatable bonds is 6. The Hall–Kier alpha value is -1.52. The number of nitrogen functional groups attached to an aromatic ring is 1. The highest BCUT2D eigenvalue weighted by Crippen LogP contribution is 2.23. The number of hydrogen-bond donors (Lipinski definition) is 1. The van der Waals surface area contributed by atoms with E-state index in [1.165, 1.54) is 5.56 Å². The fourth-order valence-corrected chi connectivity index (χ4v) is 2.72. The van der Waals surface area contributed by atoms with Crippen molar-refractivity contribution in [3.8, 4) is 0 Å². The minimum Gasteiger partial charge on any atom is -0.399 e. The molecule has 0 radical (unpaired) electrons. The predicted molar refractivity (Wildman–Crippen MR) is 88.2 cm³/mol. The summed E-state index contributed by atoms with van der Waals surface area (Å²) in [5, 5.41) is 5.28. The van der Waals surface area contributed by atoms with E-state index in [2.05, 4.69) is 36.0 Å². The first-order valence-corrected chi connectivity index (χ1v) is 7.69. The number of aromatic nitrogens is 2. The van der Waals surface area contributed by atoms with Crippen molar-refractivity contribution in [3.63, 3.8) is 0 Å². The Labute approximate surface area is 131 Å². The molecule has 0 amide bonds. The molecule has 114 valence electrons. The quantitative estimate of drug-likeness (QED) is 0.833. The first-order valence-electron chi connectivity index (χ1n) is 7.32. The molecular weight excluding hydrogens is 284 g/mol. The fourth-order valence-electron chi connectivity index (χ4n) is 2.36. The highest BCUT2D eigenvalue weighted by molar-refractivity contribution is 6.31. The summed E-state index contributed by atoms with van der Waals surface area (Å²) >= 11 is 6.43. The van der Waals surface area contributed by atoms with Crippen molar-refractivity contribution in [1.82, 2.24) is 14.7 Å². The van der Waals surface area contributed by atoms with Gasteiger partial charge in [0.15, 0.2) is 0 Å². The lowest BCUT2D eigenvalue weighted by molar-refractivity contribution is 0.264. The summed E-state index contributed by atoms with van der Waals surface area (Å²) in [5.74, 6) is 0. The van der Waals surface area contributed by atoms with E-state index in [0.29, 0.717) is 0 Å². The van der Waals surface area contributed by atoms with Gasteiger partial charge in [-0.3, -0.25) is 9.58 Å². The van der Waals surface area contributed by atoms with Gasteiger partial charge in [0.05, 0.1) is 16.4 Å². The third-order valence-electron chi connectivity index (χ3n) is 3.71. The molecule has 21 heavy (non-hydrogen) atoms. The highest BCUT2D eigenvalue weighted by atomic mass is 35.5. The smallest absolute Gasteiger partial charge is 0.0863 e. The molecular formula is C16H23ClN4. The van der Waals surface area contributed by atoms with E-state index in [1.807, 2.05) is 23.9 Å². The van der Waals surface area contributed by atoms with Crippen molar-refractivity contribution in [2.45, 2.75) is 33.4 Å². The van der Waals surface area contributed by atoms with Crippen molar-refractivity contribution in [2.75, 3.05) is 12.3 Å². The first kappa shape index (κ1) is 15.9. The summed E-state index contributed by atoms with van der Waals surface area (Å²) in [4.78, 5) is 2.34. The zero-order chi connectivity index (χ0) is 15.4. The minimum atomic E-state index is 0.795. The molecule has 1 aromatic carbocycles. The molecule has 4 nitrogen and oxygen atoms in total. The Kier molecular flexibility index (Phi) is 5.26. The topological polar surface area (TPSA) is 47.1 Å². The molecule has 0 unspecified atom stereocenters. The van der Waals surface area contributed by atoms with E-state index in [-0.39, 0.29) is 0 Å². The van der Waals surface area contributed by atoms with Crippen LogP contribution in [0.1, 0.15) is 30.8 Å². The molecule has 1 heterocycles. The van der Waals surface area contributed by atoms with E-state index in [0.717, 1.165) is 48.2 Å². The molecule has 0 saturated heterocycles. The molecule has 2 N–H and O–H groups in total. The Morgan fingerprint density at radius 3 is 2.38 bits per heavy atom. The summed E-state index contributed by atoms with van der Waals surface area (Å²) in [5.41, 5.74) is 9.82. The lowest BCUT2D eigenvalue weighted by atomic mass is 10.2. The fraction of sp³-hybridized carbons (Fsp3) is 0.438. The number of nitrogens with zero attached hydrogens (tertiary/aromatic N) is 3. The Bertz CT molecular complexity index is 589. The molecule has 0 aliphatic carbocycles. The average molecular weight is 307 g/mol. The lowest BCUT2D eigenvalue weighted by Crippen LogP contribution is -2.23. The Balaban J connectivity index is 2.12. The van der Waals surface area contributed by atoms with E-state index in [4.69, 9.17) is 17.3 Å².